The van der Waals surface area contributed by atoms with Crippen molar-refractivity contribution in [2.24, 2.45) is 5.92 Å². The summed E-state index contributed by atoms with van der Waals surface area (Å²) in [4.78, 5) is 0. The van der Waals surface area contributed by atoms with E-state index in [2.05, 4.69) is 60.7 Å². The predicted molar refractivity (Wildman–Crippen MR) is 72.8 cm³/mol. The van der Waals surface area contributed by atoms with Gasteiger partial charge in [0, 0.05) is 5.92 Å². The summed E-state index contributed by atoms with van der Waals surface area (Å²) in [6.45, 7) is 0. The van der Waals surface area contributed by atoms with Gasteiger partial charge in [-0.2, -0.15) is 0 Å². The molecular formula is C18H14. The molecule has 86 valence electrons. The van der Waals surface area contributed by atoms with E-state index in [9.17, 15) is 0 Å². The van der Waals surface area contributed by atoms with Crippen LogP contribution in [0, 0.1) is 5.92 Å². The van der Waals surface area contributed by atoms with Gasteiger partial charge in [-0.15, -0.1) is 0 Å². The Kier molecular flexibility index (Phi) is 1.50. The topological polar surface area (TPSA) is 0 Å². The van der Waals surface area contributed by atoms with Crippen molar-refractivity contribution >= 4 is 0 Å². The van der Waals surface area contributed by atoms with E-state index in [0.29, 0.717) is 5.92 Å². The number of rotatable bonds is 0. The molecule has 18 heavy (non-hydrogen) atoms. The van der Waals surface area contributed by atoms with Crippen LogP contribution in [0.25, 0.3) is 0 Å². The Morgan fingerprint density at radius 3 is 1.61 bits per heavy atom. The van der Waals surface area contributed by atoms with Crippen LogP contribution in [0.1, 0.15) is 40.0 Å². The van der Waals surface area contributed by atoms with E-state index >= 15 is 0 Å². The minimum absolute atomic E-state index is 0.484. The van der Waals surface area contributed by atoms with E-state index in [1.54, 1.807) is 11.1 Å². The Bertz CT molecular complexity index is 626. The van der Waals surface area contributed by atoms with Crippen molar-refractivity contribution in [3.8, 4) is 0 Å². The summed E-state index contributed by atoms with van der Waals surface area (Å²) in [7, 11) is 0. The van der Waals surface area contributed by atoms with Gasteiger partial charge in [0.05, 0.1) is 0 Å². The van der Waals surface area contributed by atoms with Crippen molar-refractivity contribution in [3.63, 3.8) is 0 Å². The second-order valence-electron chi connectivity index (χ2n) is 5.75. The van der Waals surface area contributed by atoms with E-state index in [1.165, 1.54) is 11.1 Å². The lowest BCUT2D eigenvalue weighted by atomic mass is 9.88. The van der Waals surface area contributed by atoms with Gasteiger partial charge in [-0.3, -0.25) is 0 Å². The molecule has 4 aliphatic carbocycles. The van der Waals surface area contributed by atoms with Gasteiger partial charge < -0.3 is 0 Å². The third-order valence-corrected chi connectivity index (χ3v) is 4.98. The molecule has 6 rings (SSSR count). The van der Waals surface area contributed by atoms with Crippen molar-refractivity contribution in [1.29, 1.82) is 0 Å². The summed E-state index contributed by atoms with van der Waals surface area (Å²) >= 11 is 0. The van der Waals surface area contributed by atoms with E-state index < -0.39 is 0 Å². The molecule has 0 spiro atoms. The fourth-order valence-electron chi connectivity index (χ4n) is 4.19. The van der Waals surface area contributed by atoms with E-state index in [1.807, 2.05) is 0 Å². The van der Waals surface area contributed by atoms with Gasteiger partial charge >= 0.3 is 0 Å². The first-order valence-corrected chi connectivity index (χ1v) is 6.81. The number of benzene rings is 2. The van der Waals surface area contributed by atoms with Crippen molar-refractivity contribution in [2.75, 3.05) is 0 Å². The van der Waals surface area contributed by atoms with Crippen LogP contribution in [0.3, 0.4) is 0 Å². The van der Waals surface area contributed by atoms with Crippen LogP contribution in [-0.4, -0.2) is 0 Å². The van der Waals surface area contributed by atoms with Crippen molar-refractivity contribution in [3.05, 3.63) is 82.9 Å². The van der Waals surface area contributed by atoms with Gasteiger partial charge in [-0.1, -0.05) is 60.7 Å². The van der Waals surface area contributed by atoms with Crippen molar-refractivity contribution in [1.82, 2.24) is 0 Å². The highest BCUT2D eigenvalue weighted by Crippen LogP contribution is 2.67. The smallest absolute Gasteiger partial charge is 0.0275 e. The molecule has 1 saturated carbocycles. The summed E-state index contributed by atoms with van der Waals surface area (Å²) in [5, 5.41) is 0. The van der Waals surface area contributed by atoms with Gasteiger partial charge in [0.1, 0.15) is 0 Å². The predicted octanol–water partition coefficient (Wildman–Crippen LogP) is 4.20. The molecule has 2 aromatic rings. The summed E-state index contributed by atoms with van der Waals surface area (Å²) in [5.74, 6) is 2.72. The van der Waals surface area contributed by atoms with Crippen LogP contribution in [0.4, 0.5) is 0 Å². The summed E-state index contributed by atoms with van der Waals surface area (Å²) in [6.07, 6.45) is 4.91. The quantitative estimate of drug-likeness (QED) is 0.595. The minimum Gasteiger partial charge on any atom is -0.0832 e. The first-order valence-electron chi connectivity index (χ1n) is 6.81. The van der Waals surface area contributed by atoms with Crippen molar-refractivity contribution in [2.45, 2.75) is 17.8 Å². The fraction of sp³-hybridized carbons (Fsp3) is 0.222. The second kappa shape index (κ2) is 2.95. The molecule has 0 nitrogen and oxygen atoms in total. The highest BCUT2D eigenvalue weighted by Gasteiger charge is 2.55. The van der Waals surface area contributed by atoms with Gasteiger partial charge in [0.15, 0.2) is 0 Å². The molecule has 0 heteroatoms. The molecule has 0 saturated heterocycles. The Hall–Kier alpha value is -1.82. The summed E-state index contributed by atoms with van der Waals surface area (Å²) in [5.41, 5.74) is 6.26. The molecule has 1 fully saturated rings. The van der Waals surface area contributed by atoms with E-state index in [0.717, 1.165) is 17.8 Å². The molecule has 2 aromatic carbocycles. The lowest BCUT2D eigenvalue weighted by molar-refractivity contribution is 0.978. The maximum atomic E-state index is 2.47. The number of hydrogen-bond donors (Lipinski definition) is 0. The maximum absolute atomic E-state index is 2.47. The number of allylic oxidation sites excluding steroid dienone is 2. The molecule has 2 atom stereocenters. The van der Waals surface area contributed by atoms with E-state index in [4.69, 9.17) is 0 Å². The average Bonchev–Trinajstić information content (AvgIpc) is 3.17. The zero-order valence-electron chi connectivity index (χ0n) is 10.1. The zero-order chi connectivity index (χ0) is 11.7. The molecule has 0 heterocycles. The normalized spacial score (nSPS) is 33.3. The molecule has 0 N–H and O–H groups in total. The van der Waals surface area contributed by atoms with Crippen LogP contribution in [0.15, 0.2) is 60.7 Å². The van der Waals surface area contributed by atoms with Crippen LogP contribution in [0.5, 0.6) is 0 Å². The first-order chi connectivity index (χ1) is 8.95. The highest BCUT2D eigenvalue weighted by atomic mass is 14.6. The van der Waals surface area contributed by atoms with Crippen LogP contribution in [-0.2, 0) is 0 Å². The molecule has 0 radical (unpaired) electrons. The Labute approximate surface area is 107 Å². The first kappa shape index (κ1) is 9.16. The van der Waals surface area contributed by atoms with Gasteiger partial charge in [0.25, 0.3) is 0 Å². The molecule has 4 aliphatic rings. The van der Waals surface area contributed by atoms with Crippen LogP contribution in [0.2, 0.25) is 0 Å². The van der Waals surface area contributed by atoms with Gasteiger partial charge in [-0.05, 0) is 40.0 Å². The third kappa shape index (κ3) is 0.940. The maximum Gasteiger partial charge on any atom is 0.0275 e. The van der Waals surface area contributed by atoms with E-state index in [-0.39, 0.29) is 0 Å². The van der Waals surface area contributed by atoms with Crippen LogP contribution < -0.4 is 0 Å². The standard InChI is InChI=1S/C18H14/c1-3-7-14-11(5-1)13-9-10-16-17(14)18(16)15-8-4-2-6-12(13)15/h1-10,13,16-18H. The molecular weight excluding hydrogens is 216 g/mol. The molecule has 0 aromatic heterocycles. The Morgan fingerprint density at radius 2 is 1.06 bits per heavy atom. The highest BCUT2D eigenvalue weighted by molar-refractivity contribution is 5.59. The average molecular weight is 230 g/mol. The number of hydrogen-bond acceptors (Lipinski definition) is 0. The lowest BCUT2D eigenvalue weighted by Gasteiger charge is -2.16. The Morgan fingerprint density at radius 1 is 0.556 bits per heavy atom. The largest absolute Gasteiger partial charge is 0.0832 e. The molecule has 4 bridgehead atoms. The van der Waals surface area contributed by atoms with Crippen molar-refractivity contribution < 1.29 is 0 Å². The zero-order valence-corrected chi connectivity index (χ0v) is 10.1. The molecule has 0 amide bonds. The SMILES string of the molecule is C1=CC2C3c4ccccc4C1c1ccccc1C23. The lowest BCUT2D eigenvalue weighted by Crippen LogP contribution is -2.00. The summed E-state index contributed by atoms with van der Waals surface area (Å²) in [6, 6.07) is 18.1. The second-order valence-corrected chi connectivity index (χ2v) is 5.75. The molecule has 0 aliphatic heterocycles. The third-order valence-electron chi connectivity index (χ3n) is 4.98. The Balaban J connectivity index is 1.90. The van der Waals surface area contributed by atoms with Gasteiger partial charge in [0.2, 0.25) is 0 Å². The molecule has 2 unspecified atom stereocenters. The monoisotopic (exact) mass is 230 g/mol. The minimum atomic E-state index is 0.484. The van der Waals surface area contributed by atoms with Gasteiger partial charge in [-0.25, -0.2) is 0 Å². The fourth-order valence-corrected chi connectivity index (χ4v) is 4.19. The van der Waals surface area contributed by atoms with Crippen LogP contribution >= 0.6 is 0 Å². The summed E-state index contributed by atoms with van der Waals surface area (Å²) < 4.78 is 0.